The van der Waals surface area contributed by atoms with Crippen molar-refractivity contribution in [3.63, 3.8) is 0 Å². The van der Waals surface area contributed by atoms with Gasteiger partial charge in [-0.05, 0) is 30.1 Å². The van der Waals surface area contributed by atoms with E-state index in [4.69, 9.17) is 0 Å². The minimum Gasteiger partial charge on any atom is -0.305 e. The number of benzene rings is 1. The van der Waals surface area contributed by atoms with E-state index in [0.29, 0.717) is 5.25 Å². The van der Waals surface area contributed by atoms with E-state index in [1.165, 1.54) is 0 Å². The molecule has 1 aliphatic heterocycles. The fourth-order valence-corrected chi connectivity index (χ4v) is 3.24. The Labute approximate surface area is 107 Å². The Kier molecular flexibility index (Phi) is 3.64. The summed E-state index contributed by atoms with van der Waals surface area (Å²) in [4.78, 5) is 5.72. The summed E-state index contributed by atoms with van der Waals surface area (Å²) in [7, 11) is 0. The normalized spacial score (nSPS) is 14.5. The minimum absolute atomic E-state index is 0.550. The topological polar surface area (TPSA) is 24.4 Å². The van der Waals surface area contributed by atoms with Gasteiger partial charge in [0.25, 0.3) is 0 Å². The zero-order valence-electron chi connectivity index (χ0n) is 8.45. The van der Waals surface area contributed by atoms with Crippen molar-refractivity contribution in [2.24, 2.45) is 4.99 Å². The highest BCUT2D eigenvalue weighted by Crippen LogP contribution is 2.35. The number of rotatable bonds is 1. The van der Waals surface area contributed by atoms with Gasteiger partial charge in [0.1, 0.15) is 0 Å². The lowest BCUT2D eigenvalue weighted by Crippen LogP contribution is -2.16. The van der Waals surface area contributed by atoms with Gasteiger partial charge in [-0.15, -0.1) is 0 Å². The van der Waals surface area contributed by atoms with E-state index in [9.17, 15) is 0 Å². The lowest BCUT2D eigenvalue weighted by molar-refractivity contribution is 1.12. The first kappa shape index (κ1) is 11.4. The predicted molar refractivity (Wildman–Crippen MR) is 73.0 cm³/mol. The Morgan fingerprint density at radius 1 is 1.47 bits per heavy atom. The van der Waals surface area contributed by atoms with Crippen LogP contribution in [0.25, 0.3) is 0 Å². The van der Waals surface area contributed by atoms with Gasteiger partial charge in [0.2, 0.25) is 0 Å². The molecular formula is C10H11BrN2S2. The number of hydrogen-bond donors (Lipinski definition) is 1. The van der Waals surface area contributed by atoms with Gasteiger partial charge in [0.05, 0.1) is 10.6 Å². The first-order chi connectivity index (χ1) is 7.15. The Balaban J connectivity index is 2.25. The zero-order chi connectivity index (χ0) is 10.8. The van der Waals surface area contributed by atoms with Gasteiger partial charge in [-0.2, -0.15) is 0 Å². The standard InChI is InChI=1S/C10H11BrN2S2/c1-6(2)14-10-12-8-4-3-7(11)5-9(8)15-13-10/h3-6H,1-2H3,(H,12,13). The number of thioether (sulfide) groups is 1. The van der Waals surface area contributed by atoms with Gasteiger partial charge < -0.3 is 4.72 Å². The van der Waals surface area contributed by atoms with Crippen LogP contribution in [-0.4, -0.2) is 10.4 Å². The van der Waals surface area contributed by atoms with E-state index in [-0.39, 0.29) is 0 Å². The van der Waals surface area contributed by atoms with Gasteiger partial charge in [0, 0.05) is 9.72 Å². The molecule has 0 aromatic heterocycles. The first-order valence-electron chi connectivity index (χ1n) is 4.63. The lowest BCUT2D eigenvalue weighted by atomic mass is 10.3. The molecule has 0 atom stereocenters. The number of amidine groups is 1. The highest BCUT2D eigenvalue weighted by molar-refractivity contribution is 9.10. The molecule has 5 heteroatoms. The number of nitrogens with zero attached hydrogens (tertiary/aromatic N) is 1. The van der Waals surface area contributed by atoms with Crippen LogP contribution >= 0.6 is 39.6 Å². The molecule has 1 N–H and O–H groups in total. The summed E-state index contributed by atoms with van der Waals surface area (Å²) in [6, 6.07) is 6.13. The van der Waals surface area contributed by atoms with E-state index in [2.05, 4.69) is 45.6 Å². The number of aliphatic imine (C=N–C) groups is 1. The molecule has 0 aliphatic carbocycles. The molecule has 0 saturated carbocycles. The molecule has 0 radical (unpaired) electrons. The molecule has 2 nitrogen and oxygen atoms in total. The largest absolute Gasteiger partial charge is 0.305 e. The van der Waals surface area contributed by atoms with Gasteiger partial charge in [-0.25, -0.2) is 4.99 Å². The summed E-state index contributed by atoms with van der Waals surface area (Å²) in [6.07, 6.45) is 0. The van der Waals surface area contributed by atoms with Crippen LogP contribution in [0, 0.1) is 0 Å². The average Bonchev–Trinajstić information content (AvgIpc) is 2.17. The molecule has 1 heterocycles. The smallest absolute Gasteiger partial charge is 0.172 e. The van der Waals surface area contributed by atoms with Crippen molar-refractivity contribution >= 4 is 50.5 Å². The van der Waals surface area contributed by atoms with Gasteiger partial charge in [-0.3, -0.25) is 0 Å². The van der Waals surface area contributed by atoms with Crippen LogP contribution in [0.3, 0.4) is 0 Å². The molecule has 0 fully saturated rings. The van der Waals surface area contributed by atoms with E-state index < -0.39 is 0 Å². The van der Waals surface area contributed by atoms with Crippen LogP contribution in [-0.2, 0) is 0 Å². The second-order valence-corrected chi connectivity index (χ2v) is 6.73. The van der Waals surface area contributed by atoms with Crippen molar-refractivity contribution in [1.82, 2.24) is 4.72 Å². The second kappa shape index (κ2) is 4.80. The summed E-state index contributed by atoms with van der Waals surface area (Å²) < 4.78 is 4.33. The predicted octanol–water partition coefficient (Wildman–Crippen LogP) is 4.19. The molecule has 0 saturated heterocycles. The molecule has 0 spiro atoms. The third kappa shape index (κ3) is 2.92. The van der Waals surface area contributed by atoms with E-state index >= 15 is 0 Å². The van der Waals surface area contributed by atoms with Crippen molar-refractivity contribution in [2.75, 3.05) is 0 Å². The number of hydrogen-bond acceptors (Lipinski definition) is 4. The second-order valence-electron chi connectivity index (χ2n) is 3.40. The summed E-state index contributed by atoms with van der Waals surface area (Å²) in [6.45, 7) is 4.33. The molecule has 0 bridgehead atoms. The van der Waals surface area contributed by atoms with E-state index in [1.807, 2.05) is 12.1 Å². The Bertz CT molecular complexity index is 404. The number of fused-ring (bicyclic) bond motifs is 1. The number of nitrogens with one attached hydrogen (secondary N) is 1. The van der Waals surface area contributed by atoms with Crippen molar-refractivity contribution in [3.05, 3.63) is 22.7 Å². The summed E-state index contributed by atoms with van der Waals surface area (Å²) in [5, 5.41) is 1.54. The maximum atomic E-state index is 4.55. The summed E-state index contributed by atoms with van der Waals surface area (Å²) in [5.41, 5.74) is 1.05. The summed E-state index contributed by atoms with van der Waals surface area (Å²) >= 11 is 6.82. The first-order valence-corrected chi connectivity index (χ1v) is 7.12. The van der Waals surface area contributed by atoms with Gasteiger partial charge in [-0.1, -0.05) is 41.5 Å². The molecular weight excluding hydrogens is 292 g/mol. The molecule has 1 aromatic carbocycles. The summed E-state index contributed by atoms with van der Waals surface area (Å²) in [5.74, 6) is 0. The Morgan fingerprint density at radius 3 is 3.00 bits per heavy atom. The van der Waals surface area contributed by atoms with Crippen LogP contribution in [0.2, 0.25) is 0 Å². The molecule has 1 aromatic rings. The van der Waals surface area contributed by atoms with Crippen LogP contribution in [0.15, 0.2) is 32.6 Å². The molecule has 80 valence electrons. The fourth-order valence-electron chi connectivity index (χ4n) is 1.17. The monoisotopic (exact) mass is 302 g/mol. The molecule has 1 aliphatic rings. The highest BCUT2D eigenvalue weighted by atomic mass is 79.9. The van der Waals surface area contributed by atoms with Gasteiger partial charge >= 0.3 is 0 Å². The third-order valence-electron chi connectivity index (χ3n) is 1.74. The van der Waals surface area contributed by atoms with Gasteiger partial charge in [0.15, 0.2) is 5.17 Å². The molecule has 2 rings (SSSR count). The quantitative estimate of drug-likeness (QED) is 0.787. The minimum atomic E-state index is 0.550. The van der Waals surface area contributed by atoms with E-state index in [1.54, 1.807) is 23.7 Å². The Hall–Kier alpha value is -0.130. The van der Waals surface area contributed by atoms with Crippen molar-refractivity contribution in [2.45, 2.75) is 24.0 Å². The highest BCUT2D eigenvalue weighted by Gasteiger charge is 2.13. The van der Waals surface area contributed by atoms with Crippen LogP contribution in [0.5, 0.6) is 0 Å². The number of halogens is 1. The molecule has 15 heavy (non-hydrogen) atoms. The molecule has 0 amide bonds. The van der Waals surface area contributed by atoms with Crippen molar-refractivity contribution < 1.29 is 0 Å². The van der Waals surface area contributed by atoms with Crippen LogP contribution < -0.4 is 4.72 Å². The van der Waals surface area contributed by atoms with Crippen molar-refractivity contribution in [3.8, 4) is 0 Å². The third-order valence-corrected chi connectivity index (χ3v) is 4.09. The van der Waals surface area contributed by atoms with E-state index in [0.717, 1.165) is 20.2 Å². The van der Waals surface area contributed by atoms with Crippen LogP contribution in [0.4, 0.5) is 5.69 Å². The maximum Gasteiger partial charge on any atom is 0.172 e. The average molecular weight is 303 g/mol. The maximum absolute atomic E-state index is 4.55. The fraction of sp³-hybridized carbons (Fsp3) is 0.300. The zero-order valence-corrected chi connectivity index (χ0v) is 11.7. The SMILES string of the molecule is CC(C)SC1=Nc2ccc(Br)cc2SN1. The Morgan fingerprint density at radius 2 is 2.27 bits per heavy atom. The lowest BCUT2D eigenvalue weighted by Gasteiger charge is -2.17. The van der Waals surface area contributed by atoms with Crippen LogP contribution in [0.1, 0.15) is 13.8 Å². The molecule has 0 unspecified atom stereocenters. The van der Waals surface area contributed by atoms with Crippen molar-refractivity contribution in [1.29, 1.82) is 0 Å².